The maximum Gasteiger partial charge on any atom is 0.274 e. The Morgan fingerprint density at radius 3 is 2.50 bits per heavy atom. The lowest BCUT2D eigenvalue weighted by molar-refractivity contribution is 0.0109. The predicted molar refractivity (Wildman–Crippen MR) is 108 cm³/mol. The fraction of sp³-hybridized carbons (Fsp3) is 0.522. The number of carbonyl (C=O) groups is 1. The van der Waals surface area contributed by atoms with Crippen LogP contribution in [0.5, 0.6) is 0 Å². The molecule has 146 valence electrons. The van der Waals surface area contributed by atoms with Crippen LogP contribution in [0.25, 0.3) is 0 Å². The molecule has 2 saturated heterocycles. The summed E-state index contributed by atoms with van der Waals surface area (Å²) in [6, 6.07) is 15.4. The Morgan fingerprint density at radius 1 is 1.04 bits per heavy atom. The van der Waals surface area contributed by atoms with Crippen molar-refractivity contribution in [2.45, 2.75) is 44.1 Å². The molecular formula is C23H28N4O. The van der Waals surface area contributed by atoms with Crippen molar-refractivity contribution in [1.82, 2.24) is 20.0 Å². The molecule has 3 fully saturated rings. The van der Waals surface area contributed by atoms with Gasteiger partial charge < -0.3 is 4.90 Å². The van der Waals surface area contributed by atoms with E-state index in [1.807, 2.05) is 4.90 Å². The largest absolute Gasteiger partial charge is 0.337 e. The van der Waals surface area contributed by atoms with E-state index < -0.39 is 0 Å². The zero-order valence-electron chi connectivity index (χ0n) is 16.3. The quantitative estimate of drug-likeness (QED) is 0.824. The molecule has 0 bridgehead atoms. The predicted octanol–water partition coefficient (Wildman–Crippen LogP) is 3.35. The van der Waals surface area contributed by atoms with Crippen molar-refractivity contribution in [1.29, 1.82) is 0 Å². The van der Waals surface area contributed by atoms with Crippen LogP contribution in [0.3, 0.4) is 0 Å². The van der Waals surface area contributed by atoms with Crippen molar-refractivity contribution in [3.05, 3.63) is 59.9 Å². The summed E-state index contributed by atoms with van der Waals surface area (Å²) >= 11 is 0. The summed E-state index contributed by atoms with van der Waals surface area (Å²) in [5.74, 6) is 0.634. The molecule has 28 heavy (non-hydrogen) atoms. The van der Waals surface area contributed by atoms with Gasteiger partial charge in [0.15, 0.2) is 5.69 Å². The van der Waals surface area contributed by atoms with E-state index >= 15 is 0 Å². The Hall–Kier alpha value is -2.27. The Bertz CT molecular complexity index is 813. The normalized spacial score (nSPS) is 25.0. The standard InChI is InChI=1S/C23H28N4O/c28-22(21-7-4-12-24-25-21)26-13-10-23(11-14-26)15-19(18-5-2-1-3-6-18)16-27(17-23)20-8-9-20/h1-7,12,19-20H,8-11,13-17H2. The molecule has 1 aliphatic carbocycles. The third kappa shape index (κ3) is 3.55. The number of aromatic nitrogens is 2. The molecule has 3 heterocycles. The summed E-state index contributed by atoms with van der Waals surface area (Å²) in [6.45, 7) is 4.05. The number of hydrogen-bond acceptors (Lipinski definition) is 4. The van der Waals surface area contributed by atoms with E-state index in [4.69, 9.17) is 0 Å². The van der Waals surface area contributed by atoms with E-state index in [1.54, 1.807) is 18.3 Å². The fourth-order valence-corrected chi connectivity index (χ4v) is 5.22. The number of rotatable bonds is 3. The van der Waals surface area contributed by atoms with Gasteiger partial charge in [-0.3, -0.25) is 9.69 Å². The van der Waals surface area contributed by atoms with E-state index in [0.29, 0.717) is 17.0 Å². The molecule has 2 aliphatic heterocycles. The molecule has 3 aliphatic rings. The molecule has 1 atom stereocenters. The van der Waals surface area contributed by atoms with Crippen molar-refractivity contribution < 1.29 is 4.79 Å². The van der Waals surface area contributed by atoms with E-state index in [1.165, 1.54) is 37.9 Å². The van der Waals surface area contributed by atoms with Gasteiger partial charge >= 0.3 is 0 Å². The van der Waals surface area contributed by atoms with Crippen molar-refractivity contribution >= 4 is 5.91 Å². The minimum atomic E-state index is 0.0254. The minimum Gasteiger partial charge on any atom is -0.337 e. The molecule has 1 spiro atoms. The number of amides is 1. The summed E-state index contributed by atoms with van der Waals surface area (Å²) in [4.78, 5) is 17.5. The van der Waals surface area contributed by atoms with Crippen LogP contribution >= 0.6 is 0 Å². The highest BCUT2D eigenvalue weighted by molar-refractivity contribution is 5.92. The van der Waals surface area contributed by atoms with E-state index in [9.17, 15) is 4.79 Å². The van der Waals surface area contributed by atoms with Crippen molar-refractivity contribution in [2.75, 3.05) is 26.2 Å². The van der Waals surface area contributed by atoms with Crippen LogP contribution in [0.2, 0.25) is 0 Å². The number of likely N-dealkylation sites (tertiary alicyclic amines) is 2. The molecule has 1 aromatic heterocycles. The van der Waals surface area contributed by atoms with Gasteiger partial charge in [-0.1, -0.05) is 30.3 Å². The van der Waals surface area contributed by atoms with Crippen LogP contribution in [-0.2, 0) is 0 Å². The first-order chi connectivity index (χ1) is 13.7. The highest BCUT2D eigenvalue weighted by Gasteiger charge is 2.46. The maximum atomic E-state index is 12.8. The smallest absolute Gasteiger partial charge is 0.274 e. The van der Waals surface area contributed by atoms with Gasteiger partial charge in [-0.05, 0) is 61.1 Å². The molecule has 1 saturated carbocycles. The SMILES string of the molecule is O=C(c1cccnn1)N1CCC2(CC1)CC(c1ccccc1)CN(C1CC1)C2. The third-order valence-corrected chi connectivity index (χ3v) is 6.91. The highest BCUT2D eigenvalue weighted by atomic mass is 16.2. The van der Waals surface area contributed by atoms with Gasteiger partial charge in [-0.2, -0.15) is 5.10 Å². The van der Waals surface area contributed by atoms with E-state index in [2.05, 4.69) is 45.4 Å². The summed E-state index contributed by atoms with van der Waals surface area (Å²) in [7, 11) is 0. The summed E-state index contributed by atoms with van der Waals surface area (Å²) in [5.41, 5.74) is 2.27. The molecule has 0 N–H and O–H groups in total. The molecule has 1 unspecified atom stereocenters. The van der Waals surface area contributed by atoms with Crippen LogP contribution in [-0.4, -0.2) is 58.1 Å². The van der Waals surface area contributed by atoms with Gasteiger partial charge in [-0.25, -0.2) is 0 Å². The molecule has 2 aromatic rings. The van der Waals surface area contributed by atoms with Gasteiger partial charge in [0.1, 0.15) is 0 Å². The number of hydrogen-bond donors (Lipinski definition) is 0. The lowest BCUT2D eigenvalue weighted by Crippen LogP contribution is -2.53. The molecule has 5 heteroatoms. The average molecular weight is 377 g/mol. The second kappa shape index (κ2) is 7.28. The minimum absolute atomic E-state index is 0.0254. The van der Waals surface area contributed by atoms with Crippen LogP contribution in [0.1, 0.15) is 54.1 Å². The second-order valence-corrected chi connectivity index (χ2v) is 8.87. The van der Waals surface area contributed by atoms with E-state index in [0.717, 1.165) is 32.0 Å². The Kier molecular flexibility index (Phi) is 4.63. The molecule has 1 amide bonds. The van der Waals surface area contributed by atoms with Crippen LogP contribution in [0, 0.1) is 5.41 Å². The van der Waals surface area contributed by atoms with Gasteiger partial charge in [0, 0.05) is 38.4 Å². The molecule has 5 nitrogen and oxygen atoms in total. The first-order valence-corrected chi connectivity index (χ1v) is 10.6. The Balaban J connectivity index is 1.31. The number of nitrogens with zero attached hydrogens (tertiary/aromatic N) is 4. The average Bonchev–Trinajstić information content (AvgIpc) is 3.60. The summed E-state index contributed by atoms with van der Waals surface area (Å²) in [6.07, 6.45) is 7.74. The molecule has 1 aromatic carbocycles. The highest BCUT2D eigenvalue weighted by Crippen LogP contribution is 2.47. The molecule has 5 rings (SSSR count). The fourth-order valence-electron chi connectivity index (χ4n) is 5.22. The number of piperidine rings is 2. The second-order valence-electron chi connectivity index (χ2n) is 8.87. The van der Waals surface area contributed by atoms with Gasteiger partial charge in [0.05, 0.1) is 0 Å². The summed E-state index contributed by atoms with van der Waals surface area (Å²) < 4.78 is 0. The number of benzene rings is 1. The zero-order chi connectivity index (χ0) is 19.0. The van der Waals surface area contributed by atoms with Gasteiger partial charge in [0.25, 0.3) is 5.91 Å². The zero-order valence-corrected chi connectivity index (χ0v) is 16.3. The first-order valence-electron chi connectivity index (χ1n) is 10.6. The van der Waals surface area contributed by atoms with Crippen LogP contribution in [0.4, 0.5) is 0 Å². The lowest BCUT2D eigenvalue weighted by Gasteiger charge is -2.50. The Morgan fingerprint density at radius 2 is 1.82 bits per heavy atom. The lowest BCUT2D eigenvalue weighted by atomic mass is 9.68. The van der Waals surface area contributed by atoms with Gasteiger partial charge in [0.2, 0.25) is 0 Å². The van der Waals surface area contributed by atoms with Crippen molar-refractivity contribution in [3.8, 4) is 0 Å². The summed E-state index contributed by atoms with van der Waals surface area (Å²) in [5, 5.41) is 7.86. The molecular weight excluding hydrogens is 348 g/mol. The Labute approximate surface area is 166 Å². The van der Waals surface area contributed by atoms with Crippen molar-refractivity contribution in [3.63, 3.8) is 0 Å². The maximum absolute atomic E-state index is 12.8. The first kappa shape index (κ1) is 17.8. The topological polar surface area (TPSA) is 49.3 Å². The van der Waals surface area contributed by atoms with Gasteiger partial charge in [-0.15, -0.1) is 5.10 Å². The number of carbonyl (C=O) groups excluding carboxylic acids is 1. The van der Waals surface area contributed by atoms with Crippen molar-refractivity contribution in [2.24, 2.45) is 5.41 Å². The third-order valence-electron chi connectivity index (χ3n) is 6.91. The van der Waals surface area contributed by atoms with E-state index in [-0.39, 0.29) is 5.91 Å². The monoisotopic (exact) mass is 376 g/mol. The van der Waals surface area contributed by atoms with Crippen LogP contribution < -0.4 is 0 Å². The van der Waals surface area contributed by atoms with Crippen LogP contribution in [0.15, 0.2) is 48.7 Å². The molecule has 0 radical (unpaired) electrons.